The van der Waals surface area contributed by atoms with Crippen LogP contribution < -0.4 is 5.56 Å². The average Bonchev–Trinajstić information content (AvgIpc) is 3.06. The maximum Gasteiger partial charge on any atom is 0.282 e. The van der Waals surface area contributed by atoms with Gasteiger partial charge in [0.1, 0.15) is 17.4 Å². The second kappa shape index (κ2) is 8.26. The zero-order chi connectivity index (χ0) is 23.9. The monoisotopic (exact) mass is 449 g/mol. The summed E-state index contributed by atoms with van der Waals surface area (Å²) in [6.45, 7) is 3.25. The molecule has 0 saturated heterocycles. The van der Waals surface area contributed by atoms with Crippen molar-refractivity contribution >= 4 is 34.3 Å². The molecule has 0 fully saturated rings. The van der Waals surface area contributed by atoms with E-state index in [1.165, 1.54) is 24.0 Å². The molecule has 0 spiro atoms. The summed E-state index contributed by atoms with van der Waals surface area (Å²) < 4.78 is 0. The van der Waals surface area contributed by atoms with Gasteiger partial charge in [0.15, 0.2) is 0 Å². The first-order chi connectivity index (χ1) is 15.7. The summed E-state index contributed by atoms with van der Waals surface area (Å²) in [7, 11) is 0. The van der Waals surface area contributed by atoms with Gasteiger partial charge in [-0.05, 0) is 32.0 Å². The van der Waals surface area contributed by atoms with Crippen LogP contribution in [0.2, 0.25) is 0 Å². The smallest absolute Gasteiger partial charge is 0.282 e. The van der Waals surface area contributed by atoms with E-state index in [1.807, 2.05) is 0 Å². The van der Waals surface area contributed by atoms with Crippen LogP contribution in [0.25, 0.3) is 10.9 Å². The maximum atomic E-state index is 13.2. The molecule has 33 heavy (non-hydrogen) atoms. The van der Waals surface area contributed by atoms with Crippen LogP contribution in [-0.2, 0) is 11.3 Å². The zero-order valence-electron chi connectivity index (χ0n) is 17.8. The number of hydrogen-bond donors (Lipinski definition) is 1. The molecule has 2 heterocycles. The molecule has 1 aliphatic rings. The number of carbonyl (C=O) groups is 3. The number of benzene rings is 2. The number of aromatic nitrogens is 2. The van der Waals surface area contributed by atoms with Crippen molar-refractivity contribution in [3.05, 3.63) is 79.9 Å². The Balaban J connectivity index is 1.61. The van der Waals surface area contributed by atoms with Gasteiger partial charge in [0, 0.05) is 12.6 Å². The second-order valence-corrected chi connectivity index (χ2v) is 7.50. The third kappa shape index (κ3) is 3.63. The van der Waals surface area contributed by atoms with Crippen LogP contribution >= 0.6 is 0 Å². The molecule has 1 unspecified atom stereocenters. The number of fused-ring (bicyclic) bond motifs is 2. The van der Waals surface area contributed by atoms with Crippen LogP contribution in [-0.4, -0.2) is 55.0 Å². The number of likely N-dealkylation sites (N-methyl/N-ethyl adjacent to an activating group) is 1. The average molecular weight is 449 g/mol. The van der Waals surface area contributed by atoms with Gasteiger partial charge < -0.3 is 9.88 Å². The number of nitro benzene ring substituents is 1. The minimum Gasteiger partial charge on any atom is -0.334 e. The second-order valence-electron chi connectivity index (χ2n) is 7.50. The lowest BCUT2D eigenvalue weighted by atomic mass is 10.1. The van der Waals surface area contributed by atoms with Gasteiger partial charge in [0.25, 0.3) is 23.1 Å². The number of H-pyrrole nitrogens is 1. The largest absolute Gasteiger partial charge is 0.334 e. The van der Waals surface area contributed by atoms with Crippen LogP contribution in [0.1, 0.15) is 40.4 Å². The van der Waals surface area contributed by atoms with E-state index < -0.39 is 34.4 Å². The fourth-order valence-electron chi connectivity index (χ4n) is 3.90. The van der Waals surface area contributed by atoms with Crippen molar-refractivity contribution in [2.75, 3.05) is 6.54 Å². The van der Waals surface area contributed by atoms with E-state index in [0.29, 0.717) is 10.9 Å². The summed E-state index contributed by atoms with van der Waals surface area (Å²) >= 11 is 0. The zero-order valence-corrected chi connectivity index (χ0v) is 17.8. The summed E-state index contributed by atoms with van der Waals surface area (Å²) in [5.74, 6) is -1.98. The molecule has 1 N–H and O–H groups in total. The van der Waals surface area contributed by atoms with Gasteiger partial charge >= 0.3 is 0 Å². The Morgan fingerprint density at radius 3 is 2.58 bits per heavy atom. The molecule has 1 aromatic heterocycles. The van der Waals surface area contributed by atoms with Crippen LogP contribution in [0.5, 0.6) is 0 Å². The van der Waals surface area contributed by atoms with Crippen molar-refractivity contribution in [2.24, 2.45) is 0 Å². The lowest BCUT2D eigenvalue weighted by molar-refractivity contribution is -0.385. The molecular weight excluding hydrogens is 430 g/mol. The van der Waals surface area contributed by atoms with Crippen molar-refractivity contribution in [3.63, 3.8) is 0 Å². The SMILES string of the molecule is CCN(Cc1nc2ccccc2c(=O)[nH]1)C(=O)C(C)N1C(=O)c2cccc([N+](=O)[O-])c2C1=O. The molecule has 1 atom stereocenters. The van der Waals surface area contributed by atoms with Gasteiger partial charge in [-0.25, -0.2) is 4.98 Å². The molecular formula is C22H19N5O6. The molecule has 11 nitrogen and oxygen atoms in total. The van der Waals surface area contributed by atoms with Crippen LogP contribution in [0, 0.1) is 10.1 Å². The molecule has 11 heteroatoms. The molecule has 0 bridgehead atoms. The molecule has 1 aliphatic heterocycles. The maximum absolute atomic E-state index is 13.2. The van der Waals surface area contributed by atoms with E-state index in [1.54, 1.807) is 31.2 Å². The number of nitrogens with zero attached hydrogens (tertiary/aromatic N) is 4. The highest BCUT2D eigenvalue weighted by atomic mass is 16.6. The third-order valence-corrected chi connectivity index (χ3v) is 5.56. The first-order valence-electron chi connectivity index (χ1n) is 10.2. The predicted octanol–water partition coefficient (Wildman–Crippen LogP) is 1.86. The highest BCUT2D eigenvalue weighted by Crippen LogP contribution is 2.32. The van der Waals surface area contributed by atoms with E-state index in [2.05, 4.69) is 9.97 Å². The molecule has 3 aromatic rings. The van der Waals surface area contributed by atoms with Crippen molar-refractivity contribution in [3.8, 4) is 0 Å². The van der Waals surface area contributed by atoms with Crippen molar-refractivity contribution in [1.82, 2.24) is 19.8 Å². The number of para-hydroxylation sites is 1. The van der Waals surface area contributed by atoms with Gasteiger partial charge in [-0.1, -0.05) is 18.2 Å². The fourth-order valence-corrected chi connectivity index (χ4v) is 3.90. The van der Waals surface area contributed by atoms with Crippen LogP contribution in [0.3, 0.4) is 0 Å². The fraction of sp³-hybridized carbons (Fsp3) is 0.227. The number of rotatable bonds is 6. The number of hydrogen-bond acceptors (Lipinski definition) is 7. The normalized spacial score (nSPS) is 13.8. The van der Waals surface area contributed by atoms with Crippen molar-refractivity contribution in [1.29, 1.82) is 0 Å². The van der Waals surface area contributed by atoms with Gasteiger partial charge in [-0.3, -0.25) is 34.2 Å². The summed E-state index contributed by atoms with van der Waals surface area (Å²) in [6.07, 6.45) is 0. The molecule has 2 aromatic carbocycles. The Hall–Kier alpha value is -4.41. The Bertz CT molecular complexity index is 1380. The topological polar surface area (TPSA) is 147 Å². The van der Waals surface area contributed by atoms with E-state index in [0.717, 1.165) is 11.0 Å². The number of imide groups is 1. The quantitative estimate of drug-likeness (QED) is 0.343. The Kier molecular flexibility index (Phi) is 5.46. The van der Waals surface area contributed by atoms with Gasteiger partial charge in [0.2, 0.25) is 5.91 Å². The lowest BCUT2D eigenvalue weighted by Gasteiger charge is -2.28. The molecule has 168 valence electrons. The first kappa shape index (κ1) is 21.8. The standard InChI is InChI=1S/C22H19N5O6/c1-3-25(11-17-23-15-9-5-4-7-13(15)19(28)24-17)20(29)12(2)26-21(30)14-8-6-10-16(27(32)33)18(14)22(26)31/h4-10,12H,3,11H2,1-2H3,(H,23,24,28). The van der Waals surface area contributed by atoms with Gasteiger partial charge in [-0.2, -0.15) is 0 Å². The highest BCUT2D eigenvalue weighted by molar-refractivity contribution is 6.24. The van der Waals surface area contributed by atoms with E-state index in [4.69, 9.17) is 0 Å². The summed E-state index contributed by atoms with van der Waals surface area (Å²) in [5.41, 5.74) is -0.799. The summed E-state index contributed by atoms with van der Waals surface area (Å²) in [6, 6.07) is 9.33. The number of amides is 3. The van der Waals surface area contributed by atoms with E-state index in [9.17, 15) is 29.3 Å². The molecule has 0 radical (unpaired) electrons. The Morgan fingerprint density at radius 2 is 1.88 bits per heavy atom. The summed E-state index contributed by atoms with van der Waals surface area (Å²) in [5, 5.41) is 11.7. The van der Waals surface area contributed by atoms with E-state index in [-0.39, 0.29) is 35.6 Å². The first-order valence-corrected chi connectivity index (χ1v) is 10.2. The molecule has 0 saturated carbocycles. The minimum atomic E-state index is -1.22. The van der Waals surface area contributed by atoms with Gasteiger partial charge in [0.05, 0.1) is 27.9 Å². The molecule has 4 rings (SSSR count). The Morgan fingerprint density at radius 1 is 1.15 bits per heavy atom. The third-order valence-electron chi connectivity index (χ3n) is 5.56. The number of nitro groups is 1. The number of aromatic amines is 1. The van der Waals surface area contributed by atoms with Crippen LogP contribution in [0.4, 0.5) is 5.69 Å². The predicted molar refractivity (Wildman–Crippen MR) is 117 cm³/mol. The summed E-state index contributed by atoms with van der Waals surface area (Å²) in [4.78, 5) is 71.0. The van der Waals surface area contributed by atoms with Crippen LogP contribution in [0.15, 0.2) is 47.3 Å². The lowest BCUT2D eigenvalue weighted by Crippen LogP contribution is -2.49. The van der Waals surface area contributed by atoms with Crippen molar-refractivity contribution < 1.29 is 19.3 Å². The minimum absolute atomic E-state index is 0.0525. The van der Waals surface area contributed by atoms with Crippen molar-refractivity contribution in [2.45, 2.75) is 26.4 Å². The van der Waals surface area contributed by atoms with Gasteiger partial charge in [-0.15, -0.1) is 0 Å². The molecule has 0 aliphatic carbocycles. The number of nitrogens with one attached hydrogen (secondary N) is 1. The molecule has 3 amide bonds. The van der Waals surface area contributed by atoms with E-state index >= 15 is 0 Å². The number of carbonyl (C=O) groups excluding carboxylic acids is 3. The highest BCUT2D eigenvalue weighted by Gasteiger charge is 2.45. The Labute approximate surface area is 186 Å².